The van der Waals surface area contributed by atoms with Gasteiger partial charge in [-0.05, 0) is 41.7 Å². The Morgan fingerprint density at radius 3 is 2.03 bits per heavy atom. The zero-order chi connectivity index (χ0) is 23.0. The van der Waals surface area contributed by atoms with E-state index < -0.39 is 11.9 Å². The molecule has 0 spiro atoms. The molecule has 6 nitrogen and oxygen atoms in total. The topological polar surface area (TPSA) is 87.3 Å². The van der Waals surface area contributed by atoms with Gasteiger partial charge in [0.05, 0.1) is 6.54 Å². The zero-order valence-corrected chi connectivity index (χ0v) is 18.3. The van der Waals surface area contributed by atoms with E-state index in [1.54, 1.807) is 12.1 Å². The quantitative estimate of drug-likeness (QED) is 0.477. The molecular formula is C27H27N3O3. The minimum Gasteiger partial charge on any atom is -0.352 e. The molecule has 1 atom stereocenters. The van der Waals surface area contributed by atoms with Crippen LogP contribution in [-0.4, -0.2) is 36.3 Å². The zero-order valence-electron chi connectivity index (χ0n) is 18.3. The van der Waals surface area contributed by atoms with Crippen molar-refractivity contribution in [3.8, 4) is 11.1 Å². The molecule has 3 aromatic rings. The molecule has 168 valence electrons. The van der Waals surface area contributed by atoms with Crippen LogP contribution in [0.25, 0.3) is 11.1 Å². The molecule has 0 radical (unpaired) electrons. The van der Waals surface area contributed by atoms with Gasteiger partial charge >= 0.3 is 0 Å². The summed E-state index contributed by atoms with van der Waals surface area (Å²) < 4.78 is 0. The first-order valence-electron chi connectivity index (χ1n) is 11.2. The van der Waals surface area contributed by atoms with E-state index in [9.17, 15) is 14.4 Å². The van der Waals surface area contributed by atoms with Crippen molar-refractivity contribution in [3.05, 3.63) is 96.1 Å². The number of hydrogen-bond donors (Lipinski definition) is 3. The Kier molecular flexibility index (Phi) is 7.15. The minimum absolute atomic E-state index is 0.197. The predicted octanol–water partition coefficient (Wildman–Crippen LogP) is 3.09. The van der Waals surface area contributed by atoms with Crippen molar-refractivity contribution >= 4 is 17.7 Å². The molecule has 3 N–H and O–H groups in total. The van der Waals surface area contributed by atoms with Crippen LogP contribution in [-0.2, 0) is 16.0 Å². The van der Waals surface area contributed by atoms with Crippen LogP contribution in [0.3, 0.4) is 0 Å². The molecule has 0 saturated heterocycles. The summed E-state index contributed by atoms with van der Waals surface area (Å²) in [6, 6.07) is 26.2. The minimum atomic E-state index is -0.692. The molecule has 0 bridgehead atoms. The molecule has 4 rings (SSSR count). The fourth-order valence-corrected chi connectivity index (χ4v) is 3.54. The van der Waals surface area contributed by atoms with Gasteiger partial charge in [-0.15, -0.1) is 0 Å². The molecule has 33 heavy (non-hydrogen) atoms. The molecule has 1 unspecified atom stereocenters. The normalized spacial score (nSPS) is 13.6. The molecule has 3 aromatic carbocycles. The molecule has 6 heteroatoms. The average Bonchev–Trinajstić information content (AvgIpc) is 3.67. The maximum absolute atomic E-state index is 12.6. The second-order valence-corrected chi connectivity index (χ2v) is 8.22. The Morgan fingerprint density at radius 2 is 1.39 bits per heavy atom. The van der Waals surface area contributed by atoms with E-state index in [1.807, 2.05) is 72.8 Å². The lowest BCUT2D eigenvalue weighted by atomic mass is 10.0. The highest BCUT2D eigenvalue weighted by atomic mass is 16.2. The highest BCUT2D eigenvalue weighted by molar-refractivity contribution is 5.97. The van der Waals surface area contributed by atoms with Crippen molar-refractivity contribution in [2.75, 3.05) is 6.54 Å². The lowest BCUT2D eigenvalue weighted by Gasteiger charge is -2.19. The van der Waals surface area contributed by atoms with Gasteiger partial charge in [-0.25, -0.2) is 0 Å². The van der Waals surface area contributed by atoms with Gasteiger partial charge in [0.1, 0.15) is 6.04 Å². The van der Waals surface area contributed by atoms with E-state index in [2.05, 4.69) is 16.0 Å². The van der Waals surface area contributed by atoms with Crippen LogP contribution >= 0.6 is 0 Å². The average molecular weight is 442 g/mol. The van der Waals surface area contributed by atoms with Crippen LogP contribution in [0.5, 0.6) is 0 Å². The van der Waals surface area contributed by atoms with Crippen LogP contribution in [0.4, 0.5) is 0 Å². The van der Waals surface area contributed by atoms with Crippen molar-refractivity contribution in [2.45, 2.75) is 31.3 Å². The summed E-state index contributed by atoms with van der Waals surface area (Å²) >= 11 is 0. The van der Waals surface area contributed by atoms with Gasteiger partial charge in [-0.1, -0.05) is 72.8 Å². The fraction of sp³-hybridized carbons (Fsp3) is 0.222. The third kappa shape index (κ3) is 6.53. The summed E-state index contributed by atoms with van der Waals surface area (Å²) in [5.74, 6) is -0.944. The lowest BCUT2D eigenvalue weighted by molar-refractivity contribution is -0.128. The summed E-state index contributed by atoms with van der Waals surface area (Å²) in [7, 11) is 0. The predicted molar refractivity (Wildman–Crippen MR) is 127 cm³/mol. The third-order valence-corrected chi connectivity index (χ3v) is 5.52. The number of nitrogens with one attached hydrogen (secondary N) is 3. The van der Waals surface area contributed by atoms with E-state index in [4.69, 9.17) is 0 Å². The number of carbonyl (C=O) groups is 3. The fourth-order valence-electron chi connectivity index (χ4n) is 3.54. The number of benzene rings is 3. The summed E-state index contributed by atoms with van der Waals surface area (Å²) in [6.07, 6.45) is 2.33. The maximum Gasteiger partial charge on any atom is 0.251 e. The highest BCUT2D eigenvalue weighted by Gasteiger charge is 2.28. The van der Waals surface area contributed by atoms with Crippen LogP contribution in [0.1, 0.15) is 28.8 Å². The molecule has 1 aliphatic rings. The second-order valence-electron chi connectivity index (χ2n) is 8.22. The van der Waals surface area contributed by atoms with Crippen molar-refractivity contribution in [2.24, 2.45) is 0 Å². The molecule has 0 aliphatic heterocycles. The van der Waals surface area contributed by atoms with Crippen molar-refractivity contribution in [1.82, 2.24) is 16.0 Å². The van der Waals surface area contributed by atoms with E-state index in [1.165, 1.54) is 0 Å². The van der Waals surface area contributed by atoms with Crippen molar-refractivity contribution in [1.29, 1.82) is 0 Å². The Labute approximate surface area is 193 Å². The highest BCUT2D eigenvalue weighted by Crippen LogP contribution is 2.20. The van der Waals surface area contributed by atoms with Crippen LogP contribution in [0.2, 0.25) is 0 Å². The molecule has 3 amide bonds. The van der Waals surface area contributed by atoms with Crippen LogP contribution in [0.15, 0.2) is 84.9 Å². The van der Waals surface area contributed by atoms with Crippen LogP contribution in [0, 0.1) is 0 Å². The Balaban J connectivity index is 1.32. The summed E-state index contributed by atoms with van der Waals surface area (Å²) in [5.41, 5.74) is 3.50. The SMILES string of the molecule is O=C(CNC(=O)c1ccc(-c2ccccc2)cc1)NC(Cc1ccccc1)C(=O)NC1CC1. The largest absolute Gasteiger partial charge is 0.352 e. The van der Waals surface area contributed by atoms with Crippen molar-refractivity contribution < 1.29 is 14.4 Å². The smallest absolute Gasteiger partial charge is 0.251 e. The van der Waals surface area contributed by atoms with Gasteiger partial charge in [0.25, 0.3) is 5.91 Å². The monoisotopic (exact) mass is 441 g/mol. The Hall–Kier alpha value is -3.93. The van der Waals surface area contributed by atoms with Crippen molar-refractivity contribution in [3.63, 3.8) is 0 Å². The molecular weight excluding hydrogens is 414 g/mol. The second kappa shape index (κ2) is 10.6. The maximum atomic E-state index is 12.6. The summed E-state index contributed by atoms with van der Waals surface area (Å²) in [5, 5.41) is 8.35. The van der Waals surface area contributed by atoms with Gasteiger partial charge < -0.3 is 16.0 Å². The third-order valence-electron chi connectivity index (χ3n) is 5.52. The van der Waals surface area contributed by atoms with Crippen LogP contribution < -0.4 is 16.0 Å². The van der Waals surface area contributed by atoms with E-state index in [0.29, 0.717) is 12.0 Å². The number of hydrogen-bond acceptors (Lipinski definition) is 3. The van der Waals surface area contributed by atoms with E-state index in [-0.39, 0.29) is 24.4 Å². The Morgan fingerprint density at radius 1 is 0.788 bits per heavy atom. The van der Waals surface area contributed by atoms with Gasteiger partial charge in [0, 0.05) is 18.0 Å². The van der Waals surface area contributed by atoms with E-state index in [0.717, 1.165) is 29.5 Å². The summed E-state index contributed by atoms with van der Waals surface area (Å²) in [4.78, 5) is 37.6. The summed E-state index contributed by atoms with van der Waals surface area (Å²) in [6.45, 7) is -0.207. The standard InChI is InChI=1S/C27H27N3O3/c31-25(30-24(27(33)29-23-15-16-23)17-19-7-3-1-4-8-19)18-28-26(32)22-13-11-21(12-14-22)20-9-5-2-6-10-20/h1-14,23-24H,15-18H2,(H,28,32)(H,29,33)(H,30,31). The van der Waals surface area contributed by atoms with Gasteiger partial charge in [0.15, 0.2) is 0 Å². The molecule has 0 aromatic heterocycles. The molecule has 1 saturated carbocycles. The Bertz CT molecular complexity index is 1090. The first-order valence-corrected chi connectivity index (χ1v) is 11.2. The number of carbonyl (C=O) groups excluding carboxylic acids is 3. The number of rotatable bonds is 9. The molecule has 1 fully saturated rings. The van der Waals surface area contributed by atoms with E-state index >= 15 is 0 Å². The molecule has 1 aliphatic carbocycles. The first-order chi connectivity index (χ1) is 16.1. The van der Waals surface area contributed by atoms with Gasteiger partial charge in [-0.3, -0.25) is 14.4 Å². The van der Waals surface area contributed by atoms with Gasteiger partial charge in [-0.2, -0.15) is 0 Å². The lowest BCUT2D eigenvalue weighted by Crippen LogP contribution is -2.51. The van der Waals surface area contributed by atoms with Gasteiger partial charge in [0.2, 0.25) is 11.8 Å². The first kappa shape index (κ1) is 22.3. The molecule has 0 heterocycles. The number of amides is 3.